The van der Waals surface area contributed by atoms with E-state index in [1.807, 2.05) is 13.0 Å². The zero-order chi connectivity index (χ0) is 13.7. The number of rotatable bonds is 2. The Labute approximate surface area is 119 Å². The van der Waals surface area contributed by atoms with Gasteiger partial charge in [0, 0.05) is 5.92 Å². The number of amides is 1. The molecule has 0 saturated heterocycles. The minimum atomic E-state index is 0.133. The Morgan fingerprint density at radius 2 is 1.84 bits per heavy atom. The van der Waals surface area contributed by atoms with Crippen LogP contribution < -0.4 is 5.32 Å². The molecule has 0 unspecified atom stereocenters. The lowest BCUT2D eigenvalue weighted by Crippen LogP contribution is -2.24. The van der Waals surface area contributed by atoms with Crippen LogP contribution in [0.2, 0.25) is 5.15 Å². The third-order valence-corrected chi connectivity index (χ3v) is 4.00. The largest absolute Gasteiger partial charge is 0.324 e. The second kappa shape index (κ2) is 6.90. The third kappa shape index (κ3) is 4.20. The molecule has 19 heavy (non-hydrogen) atoms. The van der Waals surface area contributed by atoms with Gasteiger partial charge in [-0.25, -0.2) is 4.98 Å². The van der Waals surface area contributed by atoms with Gasteiger partial charge in [-0.3, -0.25) is 4.79 Å². The molecular formula is C15H21ClN2O. The Balaban J connectivity index is 1.98. The fraction of sp³-hybridized carbons (Fsp3) is 0.600. The Kier molecular flexibility index (Phi) is 5.20. The van der Waals surface area contributed by atoms with Crippen molar-refractivity contribution in [1.82, 2.24) is 4.98 Å². The van der Waals surface area contributed by atoms with E-state index in [9.17, 15) is 4.79 Å². The smallest absolute Gasteiger partial charge is 0.227 e. The summed E-state index contributed by atoms with van der Waals surface area (Å²) in [6.45, 7) is 1.86. The fourth-order valence-corrected chi connectivity index (χ4v) is 2.81. The van der Waals surface area contributed by atoms with Gasteiger partial charge in [0.2, 0.25) is 5.91 Å². The van der Waals surface area contributed by atoms with Crippen LogP contribution in [0.1, 0.15) is 50.6 Å². The summed E-state index contributed by atoms with van der Waals surface area (Å²) >= 11 is 5.82. The summed E-state index contributed by atoms with van der Waals surface area (Å²) in [4.78, 5) is 16.5. The van der Waals surface area contributed by atoms with Crippen molar-refractivity contribution in [1.29, 1.82) is 0 Å². The number of hydrogen-bond donors (Lipinski definition) is 1. The molecule has 2 rings (SSSR count). The standard InChI is InChI=1S/C15H21ClN2O/c1-11-13(9-10-14(16)17-11)18-15(19)12-7-5-3-2-4-6-8-12/h9-10,12H,2-8H2,1H3,(H,18,19). The van der Waals surface area contributed by atoms with Gasteiger partial charge in [0.05, 0.1) is 11.4 Å². The van der Waals surface area contributed by atoms with E-state index in [0.29, 0.717) is 5.15 Å². The predicted molar refractivity (Wildman–Crippen MR) is 78.4 cm³/mol. The summed E-state index contributed by atoms with van der Waals surface area (Å²) in [5, 5.41) is 3.45. The minimum Gasteiger partial charge on any atom is -0.324 e. The normalized spacial score (nSPS) is 17.6. The molecule has 1 aliphatic carbocycles. The highest BCUT2D eigenvalue weighted by Crippen LogP contribution is 2.24. The molecule has 3 nitrogen and oxygen atoms in total. The molecule has 0 aromatic carbocycles. The van der Waals surface area contributed by atoms with E-state index in [1.54, 1.807) is 6.07 Å². The number of pyridine rings is 1. The molecule has 1 aromatic heterocycles. The van der Waals surface area contributed by atoms with Crippen LogP contribution >= 0.6 is 11.6 Å². The van der Waals surface area contributed by atoms with Crippen LogP contribution in [0.4, 0.5) is 5.69 Å². The number of hydrogen-bond acceptors (Lipinski definition) is 2. The number of aryl methyl sites for hydroxylation is 1. The summed E-state index contributed by atoms with van der Waals surface area (Å²) in [6.07, 6.45) is 8.16. The van der Waals surface area contributed by atoms with Gasteiger partial charge in [0.1, 0.15) is 5.15 Å². The zero-order valence-electron chi connectivity index (χ0n) is 11.4. The summed E-state index contributed by atoms with van der Waals surface area (Å²) in [7, 11) is 0. The Bertz CT molecular complexity index is 440. The molecule has 0 bridgehead atoms. The lowest BCUT2D eigenvalue weighted by atomic mass is 9.90. The van der Waals surface area contributed by atoms with Crippen LogP contribution in [0.5, 0.6) is 0 Å². The quantitative estimate of drug-likeness (QED) is 0.819. The van der Waals surface area contributed by atoms with Crippen LogP contribution in [0.25, 0.3) is 0 Å². The zero-order valence-corrected chi connectivity index (χ0v) is 12.2. The van der Waals surface area contributed by atoms with Crippen molar-refractivity contribution in [2.45, 2.75) is 51.9 Å². The van der Waals surface area contributed by atoms with E-state index in [1.165, 1.54) is 19.3 Å². The predicted octanol–water partition coefficient (Wildman–Crippen LogP) is 4.34. The summed E-state index contributed by atoms with van der Waals surface area (Å²) in [6, 6.07) is 3.54. The van der Waals surface area contributed by atoms with Gasteiger partial charge in [-0.1, -0.05) is 43.7 Å². The third-order valence-electron chi connectivity index (χ3n) is 3.79. The van der Waals surface area contributed by atoms with Crippen molar-refractivity contribution in [3.05, 3.63) is 23.0 Å². The summed E-state index contributed by atoms with van der Waals surface area (Å²) < 4.78 is 0. The van der Waals surface area contributed by atoms with E-state index in [0.717, 1.165) is 37.1 Å². The van der Waals surface area contributed by atoms with Gasteiger partial charge in [-0.15, -0.1) is 0 Å². The summed E-state index contributed by atoms with van der Waals surface area (Å²) in [5.74, 6) is 0.282. The Morgan fingerprint density at radius 3 is 2.47 bits per heavy atom. The molecule has 1 fully saturated rings. The monoisotopic (exact) mass is 280 g/mol. The second-order valence-electron chi connectivity index (χ2n) is 5.30. The molecule has 0 aliphatic heterocycles. The molecule has 1 aromatic rings. The SMILES string of the molecule is Cc1nc(Cl)ccc1NC(=O)C1CCCCCCC1. The number of halogens is 1. The van der Waals surface area contributed by atoms with Gasteiger partial charge in [-0.05, 0) is 31.9 Å². The van der Waals surface area contributed by atoms with Gasteiger partial charge < -0.3 is 5.32 Å². The number of carbonyl (C=O) groups is 1. The van der Waals surface area contributed by atoms with Crippen LogP contribution in [0, 0.1) is 12.8 Å². The molecule has 1 aliphatic rings. The first-order valence-corrected chi connectivity index (χ1v) is 7.48. The number of nitrogens with zero attached hydrogens (tertiary/aromatic N) is 1. The van der Waals surface area contributed by atoms with Gasteiger partial charge >= 0.3 is 0 Å². The van der Waals surface area contributed by atoms with Crippen molar-refractivity contribution in [3.8, 4) is 0 Å². The van der Waals surface area contributed by atoms with Crippen LogP contribution in [0.3, 0.4) is 0 Å². The molecule has 1 N–H and O–H groups in total. The highest BCUT2D eigenvalue weighted by Gasteiger charge is 2.20. The molecule has 0 spiro atoms. The minimum absolute atomic E-state index is 0.133. The first-order valence-electron chi connectivity index (χ1n) is 7.11. The molecule has 1 amide bonds. The molecule has 0 atom stereocenters. The number of aromatic nitrogens is 1. The van der Waals surface area contributed by atoms with E-state index >= 15 is 0 Å². The van der Waals surface area contributed by atoms with Crippen molar-refractivity contribution in [3.63, 3.8) is 0 Å². The first kappa shape index (κ1) is 14.3. The van der Waals surface area contributed by atoms with E-state index in [4.69, 9.17) is 11.6 Å². The molecule has 104 valence electrons. The number of anilines is 1. The van der Waals surface area contributed by atoms with E-state index < -0.39 is 0 Å². The Hall–Kier alpha value is -1.09. The van der Waals surface area contributed by atoms with E-state index in [2.05, 4.69) is 10.3 Å². The van der Waals surface area contributed by atoms with Crippen molar-refractivity contribution in [2.75, 3.05) is 5.32 Å². The average molecular weight is 281 g/mol. The van der Waals surface area contributed by atoms with Gasteiger partial charge in [-0.2, -0.15) is 0 Å². The fourth-order valence-electron chi connectivity index (χ4n) is 2.62. The summed E-state index contributed by atoms with van der Waals surface area (Å²) in [5.41, 5.74) is 1.54. The van der Waals surface area contributed by atoms with Crippen LogP contribution in [-0.2, 0) is 4.79 Å². The van der Waals surface area contributed by atoms with Crippen molar-refractivity contribution in [2.24, 2.45) is 5.92 Å². The maximum Gasteiger partial charge on any atom is 0.227 e. The molecular weight excluding hydrogens is 260 g/mol. The molecule has 1 saturated carbocycles. The molecule has 4 heteroatoms. The van der Waals surface area contributed by atoms with Crippen molar-refractivity contribution < 1.29 is 4.79 Å². The first-order chi connectivity index (χ1) is 9.16. The second-order valence-corrected chi connectivity index (χ2v) is 5.69. The lowest BCUT2D eigenvalue weighted by Gasteiger charge is -2.19. The highest BCUT2D eigenvalue weighted by molar-refractivity contribution is 6.29. The van der Waals surface area contributed by atoms with Crippen LogP contribution in [-0.4, -0.2) is 10.9 Å². The van der Waals surface area contributed by atoms with Gasteiger partial charge in [0.25, 0.3) is 0 Å². The maximum atomic E-state index is 12.3. The lowest BCUT2D eigenvalue weighted by molar-refractivity contribution is -0.120. The number of nitrogens with one attached hydrogen (secondary N) is 1. The number of carbonyl (C=O) groups excluding carboxylic acids is 1. The van der Waals surface area contributed by atoms with Gasteiger partial charge in [0.15, 0.2) is 0 Å². The average Bonchev–Trinajstić information content (AvgIpc) is 2.32. The van der Waals surface area contributed by atoms with Crippen molar-refractivity contribution >= 4 is 23.2 Å². The maximum absolute atomic E-state index is 12.3. The molecule has 0 radical (unpaired) electrons. The highest BCUT2D eigenvalue weighted by atomic mass is 35.5. The van der Waals surface area contributed by atoms with E-state index in [-0.39, 0.29) is 11.8 Å². The van der Waals surface area contributed by atoms with Crippen LogP contribution in [0.15, 0.2) is 12.1 Å². The molecule has 1 heterocycles. The topological polar surface area (TPSA) is 42.0 Å². The Morgan fingerprint density at radius 1 is 1.21 bits per heavy atom.